The average Bonchev–Trinajstić information content (AvgIpc) is 3.01. The molecule has 8 heteroatoms. The van der Waals surface area contributed by atoms with Gasteiger partial charge in [0.1, 0.15) is 4.70 Å². The molecule has 3 rings (SSSR count). The third-order valence-electron chi connectivity index (χ3n) is 3.67. The monoisotopic (exact) mass is 393 g/mol. The van der Waals surface area contributed by atoms with Crippen LogP contribution in [0.2, 0.25) is 5.02 Å². The van der Waals surface area contributed by atoms with Crippen molar-refractivity contribution in [2.24, 2.45) is 7.05 Å². The van der Waals surface area contributed by atoms with Crippen LogP contribution in [0.4, 0.5) is 5.69 Å². The first-order chi connectivity index (χ1) is 11.9. The summed E-state index contributed by atoms with van der Waals surface area (Å²) in [6, 6.07) is 5.58. The van der Waals surface area contributed by atoms with Gasteiger partial charge in [0.25, 0.3) is 5.56 Å². The SMILES string of the molecule is Cc1cc(C)c(NC(=O)CSc2nc3ccsc3c(=O)n2C)c(Cl)c1. The number of aryl methyl sites for hydroxylation is 2. The lowest BCUT2D eigenvalue weighted by atomic mass is 10.1. The van der Waals surface area contributed by atoms with Crippen LogP contribution < -0.4 is 10.9 Å². The van der Waals surface area contributed by atoms with E-state index in [4.69, 9.17) is 11.6 Å². The number of anilines is 1. The summed E-state index contributed by atoms with van der Waals surface area (Å²) in [7, 11) is 1.66. The highest BCUT2D eigenvalue weighted by molar-refractivity contribution is 7.99. The smallest absolute Gasteiger partial charge is 0.271 e. The lowest BCUT2D eigenvalue weighted by Crippen LogP contribution is -2.21. The Bertz CT molecular complexity index is 1000. The number of fused-ring (bicyclic) bond motifs is 1. The zero-order chi connectivity index (χ0) is 18.1. The highest BCUT2D eigenvalue weighted by Gasteiger charge is 2.13. The first-order valence-corrected chi connectivity index (χ1v) is 9.74. The molecular formula is C17H16ClN3O2S2. The molecule has 2 aromatic heterocycles. The van der Waals surface area contributed by atoms with Crippen LogP contribution in [0.1, 0.15) is 11.1 Å². The minimum atomic E-state index is -0.196. The van der Waals surface area contributed by atoms with Crippen molar-refractivity contribution in [3.8, 4) is 0 Å². The Morgan fingerprint density at radius 2 is 2.16 bits per heavy atom. The van der Waals surface area contributed by atoms with Gasteiger partial charge in [0.15, 0.2) is 5.16 Å². The lowest BCUT2D eigenvalue weighted by Gasteiger charge is -2.12. The molecule has 0 saturated heterocycles. The molecule has 0 aliphatic rings. The Kier molecular flexibility index (Phi) is 5.17. The molecule has 0 unspecified atom stereocenters. The largest absolute Gasteiger partial charge is 0.324 e. The standard InChI is InChI=1S/C17H16ClN3O2S2/c1-9-6-10(2)14(11(18)7-9)20-13(22)8-25-17-19-12-4-5-24-15(12)16(23)21(17)3/h4-7H,8H2,1-3H3,(H,20,22). The number of nitrogens with zero attached hydrogens (tertiary/aromatic N) is 2. The van der Waals surface area contributed by atoms with E-state index in [1.807, 2.05) is 31.4 Å². The fourth-order valence-corrected chi connectivity index (χ4v) is 4.42. The van der Waals surface area contributed by atoms with Crippen molar-refractivity contribution in [3.63, 3.8) is 0 Å². The van der Waals surface area contributed by atoms with Gasteiger partial charge in [-0.2, -0.15) is 0 Å². The van der Waals surface area contributed by atoms with Crippen molar-refractivity contribution in [3.05, 3.63) is 50.1 Å². The van der Waals surface area contributed by atoms with Gasteiger partial charge < -0.3 is 5.32 Å². The zero-order valence-corrected chi connectivity index (χ0v) is 16.3. The van der Waals surface area contributed by atoms with E-state index in [0.717, 1.165) is 11.1 Å². The highest BCUT2D eigenvalue weighted by atomic mass is 35.5. The minimum Gasteiger partial charge on any atom is -0.324 e. The Morgan fingerprint density at radius 1 is 1.40 bits per heavy atom. The minimum absolute atomic E-state index is 0.0969. The molecule has 5 nitrogen and oxygen atoms in total. The second kappa shape index (κ2) is 7.19. The topological polar surface area (TPSA) is 64.0 Å². The van der Waals surface area contributed by atoms with Gasteiger partial charge in [-0.15, -0.1) is 11.3 Å². The number of amides is 1. The number of nitrogens with one attached hydrogen (secondary N) is 1. The number of benzene rings is 1. The summed E-state index contributed by atoms with van der Waals surface area (Å²) >= 11 is 8.81. The van der Waals surface area contributed by atoms with Crippen molar-refractivity contribution in [1.29, 1.82) is 0 Å². The lowest BCUT2D eigenvalue weighted by molar-refractivity contribution is -0.113. The predicted octanol–water partition coefficient (Wildman–Crippen LogP) is 4.00. The van der Waals surface area contributed by atoms with E-state index in [-0.39, 0.29) is 17.2 Å². The molecule has 0 atom stereocenters. The van der Waals surface area contributed by atoms with Crippen LogP contribution in [0.25, 0.3) is 10.2 Å². The molecule has 0 spiro atoms. The second-order valence-electron chi connectivity index (χ2n) is 5.67. The number of carbonyl (C=O) groups excluding carboxylic acids is 1. The van der Waals surface area contributed by atoms with E-state index < -0.39 is 0 Å². The zero-order valence-electron chi connectivity index (χ0n) is 13.9. The van der Waals surface area contributed by atoms with Gasteiger partial charge in [0, 0.05) is 7.05 Å². The van der Waals surface area contributed by atoms with Crippen LogP contribution in [-0.4, -0.2) is 21.2 Å². The summed E-state index contributed by atoms with van der Waals surface area (Å²) in [5, 5.41) is 5.70. The molecule has 1 amide bonds. The van der Waals surface area contributed by atoms with E-state index in [2.05, 4.69) is 10.3 Å². The summed E-state index contributed by atoms with van der Waals surface area (Å²) in [6.45, 7) is 3.85. The summed E-state index contributed by atoms with van der Waals surface area (Å²) in [5.41, 5.74) is 3.13. The molecule has 130 valence electrons. The highest BCUT2D eigenvalue weighted by Crippen LogP contribution is 2.28. The summed E-state index contributed by atoms with van der Waals surface area (Å²) in [5.74, 6) is -0.0574. The number of rotatable bonds is 4. The van der Waals surface area contributed by atoms with Crippen LogP contribution >= 0.6 is 34.7 Å². The Hall–Kier alpha value is -1.83. The van der Waals surface area contributed by atoms with Gasteiger partial charge in [0.2, 0.25) is 5.91 Å². The van der Waals surface area contributed by atoms with E-state index in [0.29, 0.717) is 26.1 Å². The van der Waals surface area contributed by atoms with E-state index in [9.17, 15) is 9.59 Å². The molecule has 2 heterocycles. The van der Waals surface area contributed by atoms with Gasteiger partial charge in [-0.3, -0.25) is 14.2 Å². The second-order valence-corrected chi connectivity index (χ2v) is 7.93. The number of halogens is 1. The predicted molar refractivity (Wildman–Crippen MR) is 105 cm³/mol. The molecule has 1 aromatic carbocycles. The first-order valence-electron chi connectivity index (χ1n) is 7.50. The maximum atomic E-state index is 12.3. The van der Waals surface area contributed by atoms with Crippen LogP contribution in [0.15, 0.2) is 33.5 Å². The van der Waals surface area contributed by atoms with Gasteiger partial charge in [-0.05, 0) is 42.5 Å². The average molecular weight is 394 g/mol. The maximum Gasteiger partial charge on any atom is 0.271 e. The number of thiophene rings is 1. The van der Waals surface area contributed by atoms with Crippen molar-refractivity contribution in [2.75, 3.05) is 11.1 Å². The molecule has 0 aliphatic heterocycles. The summed E-state index contributed by atoms with van der Waals surface area (Å²) in [4.78, 5) is 29.0. The van der Waals surface area contributed by atoms with Crippen molar-refractivity contribution >= 4 is 56.5 Å². The molecule has 0 radical (unpaired) electrons. The third kappa shape index (κ3) is 3.73. The number of hydrogen-bond acceptors (Lipinski definition) is 5. The van der Waals surface area contributed by atoms with Crippen LogP contribution in [-0.2, 0) is 11.8 Å². The summed E-state index contributed by atoms with van der Waals surface area (Å²) < 4.78 is 2.10. The van der Waals surface area contributed by atoms with Gasteiger partial charge >= 0.3 is 0 Å². The van der Waals surface area contributed by atoms with E-state index in [1.54, 1.807) is 13.1 Å². The number of aromatic nitrogens is 2. The Labute approximate surface area is 158 Å². The molecule has 3 aromatic rings. The molecule has 0 bridgehead atoms. The van der Waals surface area contributed by atoms with Crippen molar-refractivity contribution in [1.82, 2.24) is 9.55 Å². The number of thioether (sulfide) groups is 1. The number of carbonyl (C=O) groups is 1. The third-order valence-corrected chi connectivity index (χ3v) is 5.89. The van der Waals surface area contributed by atoms with Crippen LogP contribution in [0.3, 0.4) is 0 Å². The number of hydrogen-bond donors (Lipinski definition) is 1. The van der Waals surface area contributed by atoms with E-state index >= 15 is 0 Å². The molecule has 25 heavy (non-hydrogen) atoms. The molecule has 0 saturated carbocycles. The van der Waals surface area contributed by atoms with Gasteiger partial charge in [-0.1, -0.05) is 29.4 Å². The van der Waals surface area contributed by atoms with Gasteiger partial charge in [-0.25, -0.2) is 4.98 Å². The van der Waals surface area contributed by atoms with Crippen molar-refractivity contribution < 1.29 is 4.79 Å². The normalized spacial score (nSPS) is 11.0. The molecule has 1 N–H and O–H groups in total. The fourth-order valence-electron chi connectivity index (χ4n) is 2.48. The molecule has 0 aliphatic carbocycles. The quantitative estimate of drug-likeness (QED) is 0.537. The van der Waals surface area contributed by atoms with Gasteiger partial charge in [0.05, 0.1) is 22.0 Å². The van der Waals surface area contributed by atoms with Crippen LogP contribution in [0.5, 0.6) is 0 Å². The van der Waals surface area contributed by atoms with E-state index in [1.165, 1.54) is 27.7 Å². The maximum absolute atomic E-state index is 12.3. The van der Waals surface area contributed by atoms with Crippen LogP contribution in [0, 0.1) is 13.8 Å². The summed E-state index contributed by atoms with van der Waals surface area (Å²) in [6.07, 6.45) is 0. The molecule has 0 fully saturated rings. The Morgan fingerprint density at radius 3 is 2.88 bits per heavy atom. The fraction of sp³-hybridized carbons (Fsp3) is 0.235. The first kappa shape index (κ1) is 18.0. The van der Waals surface area contributed by atoms with Crippen molar-refractivity contribution in [2.45, 2.75) is 19.0 Å². The Balaban J connectivity index is 1.75. The molecular weight excluding hydrogens is 378 g/mol.